The molecule has 2 N–H and O–H groups in total. The van der Waals surface area contributed by atoms with E-state index in [1.807, 2.05) is 36.6 Å². The Morgan fingerprint density at radius 3 is 3.05 bits per heavy atom. The first-order valence-corrected chi connectivity index (χ1v) is 7.84. The average molecular weight is 303 g/mol. The van der Waals surface area contributed by atoms with E-state index in [-0.39, 0.29) is 5.91 Å². The quantitative estimate of drug-likeness (QED) is 0.772. The molecule has 0 fully saturated rings. The van der Waals surface area contributed by atoms with Crippen LogP contribution in [0.1, 0.15) is 9.75 Å². The third-order valence-corrected chi connectivity index (χ3v) is 4.83. The fraction of sp³-hybridized carbons (Fsp3) is 0.143. The highest BCUT2D eigenvalue weighted by Gasteiger charge is 2.11. The van der Waals surface area contributed by atoms with Crippen molar-refractivity contribution in [2.45, 2.75) is 13.3 Å². The lowest BCUT2D eigenvalue weighted by Crippen LogP contribution is -2.13. The lowest BCUT2D eigenvalue weighted by atomic mass is 10.3. The number of hydrogen-bond acceptors (Lipinski definition) is 4. The van der Waals surface area contributed by atoms with Crippen molar-refractivity contribution in [3.05, 3.63) is 45.6 Å². The molecule has 6 heteroatoms. The molecule has 20 heavy (non-hydrogen) atoms. The zero-order valence-electron chi connectivity index (χ0n) is 10.8. The molecule has 0 aliphatic carbocycles. The summed E-state index contributed by atoms with van der Waals surface area (Å²) in [5, 5.41) is 11.8. The van der Waals surface area contributed by atoms with Crippen LogP contribution in [0.25, 0.3) is 10.6 Å². The molecule has 0 atom stereocenters. The molecular weight excluding hydrogens is 290 g/mol. The number of H-pyrrole nitrogens is 1. The Morgan fingerprint density at radius 1 is 1.45 bits per heavy atom. The van der Waals surface area contributed by atoms with Crippen LogP contribution in [-0.4, -0.2) is 16.1 Å². The summed E-state index contributed by atoms with van der Waals surface area (Å²) in [6.45, 7) is 2.01. The van der Waals surface area contributed by atoms with Crippen molar-refractivity contribution in [3.8, 4) is 10.6 Å². The number of carbonyl (C=O) groups excluding carboxylic acids is 1. The first-order chi connectivity index (χ1) is 9.72. The van der Waals surface area contributed by atoms with Crippen LogP contribution < -0.4 is 5.32 Å². The monoisotopic (exact) mass is 303 g/mol. The summed E-state index contributed by atoms with van der Waals surface area (Å²) in [5.41, 5.74) is 1.85. The Balaban J connectivity index is 1.73. The number of aromatic amines is 1. The first-order valence-electron chi connectivity index (χ1n) is 6.15. The predicted molar refractivity (Wildman–Crippen MR) is 83.3 cm³/mol. The van der Waals surface area contributed by atoms with Gasteiger partial charge in [-0.1, -0.05) is 6.07 Å². The highest BCUT2D eigenvalue weighted by atomic mass is 32.1. The topological polar surface area (TPSA) is 57.8 Å². The molecule has 0 saturated carbocycles. The fourth-order valence-electron chi connectivity index (χ4n) is 1.90. The Morgan fingerprint density at radius 2 is 2.35 bits per heavy atom. The van der Waals surface area contributed by atoms with E-state index in [2.05, 4.69) is 15.5 Å². The van der Waals surface area contributed by atoms with Gasteiger partial charge in [-0.15, -0.1) is 22.7 Å². The zero-order chi connectivity index (χ0) is 13.9. The number of aromatic nitrogens is 2. The van der Waals surface area contributed by atoms with E-state index >= 15 is 0 Å². The van der Waals surface area contributed by atoms with Crippen LogP contribution >= 0.6 is 22.7 Å². The maximum Gasteiger partial charge on any atom is 0.229 e. The number of anilines is 1. The second kappa shape index (κ2) is 5.60. The van der Waals surface area contributed by atoms with Crippen molar-refractivity contribution in [2.24, 2.45) is 0 Å². The van der Waals surface area contributed by atoms with E-state index in [1.54, 1.807) is 28.9 Å². The molecule has 3 aromatic heterocycles. The molecule has 3 heterocycles. The number of nitrogens with one attached hydrogen (secondary N) is 2. The Bertz CT molecular complexity index is 699. The van der Waals surface area contributed by atoms with Crippen molar-refractivity contribution in [3.63, 3.8) is 0 Å². The van der Waals surface area contributed by atoms with Crippen molar-refractivity contribution in [2.75, 3.05) is 5.32 Å². The van der Waals surface area contributed by atoms with Gasteiger partial charge < -0.3 is 5.32 Å². The molecule has 1 amide bonds. The molecule has 3 rings (SSSR count). The number of nitrogens with zero attached hydrogens (tertiary/aromatic N) is 1. The van der Waals surface area contributed by atoms with Gasteiger partial charge in [-0.25, -0.2) is 0 Å². The maximum atomic E-state index is 12.0. The van der Waals surface area contributed by atoms with Gasteiger partial charge in [-0.2, -0.15) is 5.10 Å². The molecule has 0 bridgehead atoms. The van der Waals surface area contributed by atoms with Crippen molar-refractivity contribution in [1.82, 2.24) is 10.2 Å². The average Bonchev–Trinajstić information content (AvgIpc) is 3.12. The number of hydrogen-bond donors (Lipinski definition) is 2. The Labute approximate surface area is 124 Å². The second-order valence-corrected chi connectivity index (χ2v) is 6.64. The van der Waals surface area contributed by atoms with Crippen molar-refractivity contribution in [1.29, 1.82) is 0 Å². The van der Waals surface area contributed by atoms with Gasteiger partial charge in [0.1, 0.15) is 0 Å². The van der Waals surface area contributed by atoms with Crippen LogP contribution in [0.4, 0.5) is 5.69 Å². The summed E-state index contributed by atoms with van der Waals surface area (Å²) in [6.07, 6.45) is 2.14. The van der Waals surface area contributed by atoms with Crippen LogP contribution in [-0.2, 0) is 11.2 Å². The summed E-state index contributed by atoms with van der Waals surface area (Å²) in [6, 6.07) is 7.84. The molecule has 0 unspecified atom stereocenters. The highest BCUT2D eigenvalue weighted by molar-refractivity contribution is 7.16. The standard InChI is InChI=1S/C14H13N3OS2/c1-9-12(8-13(20-9)11-4-5-15-17-11)16-14(18)7-10-3-2-6-19-10/h2-6,8H,7H2,1H3,(H,15,17)(H,16,18). The molecule has 4 nitrogen and oxygen atoms in total. The van der Waals surface area contributed by atoms with Gasteiger partial charge in [0.05, 0.1) is 22.7 Å². The van der Waals surface area contributed by atoms with Crippen molar-refractivity contribution >= 4 is 34.3 Å². The summed E-state index contributed by atoms with van der Waals surface area (Å²) in [4.78, 5) is 15.2. The summed E-state index contributed by atoms with van der Waals surface area (Å²) in [7, 11) is 0. The van der Waals surface area contributed by atoms with Crippen LogP contribution in [0.5, 0.6) is 0 Å². The smallest absolute Gasteiger partial charge is 0.229 e. The van der Waals surface area contributed by atoms with Crippen molar-refractivity contribution < 1.29 is 4.79 Å². The van der Waals surface area contributed by atoms with E-state index in [1.165, 1.54) is 0 Å². The molecule has 102 valence electrons. The van der Waals surface area contributed by atoms with Gasteiger partial charge in [0.25, 0.3) is 0 Å². The van der Waals surface area contributed by atoms with E-state index < -0.39 is 0 Å². The Hall–Kier alpha value is -1.92. The third kappa shape index (κ3) is 2.81. The molecule has 0 aliphatic heterocycles. The number of amides is 1. The van der Waals surface area contributed by atoms with Gasteiger partial charge in [-0.05, 0) is 30.5 Å². The number of aryl methyl sites for hydroxylation is 1. The first kappa shape index (κ1) is 13.1. The van der Waals surface area contributed by atoms with E-state index in [0.29, 0.717) is 6.42 Å². The van der Waals surface area contributed by atoms with Crippen LogP contribution in [0.15, 0.2) is 35.8 Å². The van der Waals surface area contributed by atoms with Gasteiger partial charge in [0.2, 0.25) is 5.91 Å². The molecule has 0 aromatic carbocycles. The zero-order valence-corrected chi connectivity index (χ0v) is 12.5. The minimum absolute atomic E-state index is 0.0181. The minimum atomic E-state index is 0.0181. The lowest BCUT2D eigenvalue weighted by Gasteiger charge is -2.02. The molecule has 0 aliphatic rings. The van der Waals surface area contributed by atoms with Gasteiger partial charge in [-0.3, -0.25) is 9.89 Å². The number of thiophene rings is 2. The van der Waals surface area contributed by atoms with Gasteiger partial charge in [0.15, 0.2) is 0 Å². The minimum Gasteiger partial charge on any atom is -0.325 e. The summed E-state index contributed by atoms with van der Waals surface area (Å²) < 4.78 is 0. The van der Waals surface area contributed by atoms with E-state index in [0.717, 1.165) is 26.0 Å². The number of carbonyl (C=O) groups is 1. The van der Waals surface area contributed by atoms with Crippen LogP contribution in [0.3, 0.4) is 0 Å². The van der Waals surface area contributed by atoms with Crippen LogP contribution in [0.2, 0.25) is 0 Å². The molecule has 0 spiro atoms. The second-order valence-electron chi connectivity index (χ2n) is 4.36. The Kier molecular flexibility index (Phi) is 3.66. The van der Waals surface area contributed by atoms with E-state index in [4.69, 9.17) is 0 Å². The third-order valence-electron chi connectivity index (χ3n) is 2.87. The van der Waals surface area contributed by atoms with Crippen LogP contribution in [0, 0.1) is 6.92 Å². The maximum absolute atomic E-state index is 12.0. The summed E-state index contributed by atoms with van der Waals surface area (Å²) in [5.74, 6) is 0.0181. The fourth-order valence-corrected chi connectivity index (χ4v) is 3.55. The lowest BCUT2D eigenvalue weighted by molar-refractivity contribution is -0.115. The number of rotatable bonds is 4. The summed E-state index contributed by atoms with van der Waals surface area (Å²) >= 11 is 3.24. The van der Waals surface area contributed by atoms with Gasteiger partial charge >= 0.3 is 0 Å². The molecule has 0 radical (unpaired) electrons. The largest absolute Gasteiger partial charge is 0.325 e. The normalized spacial score (nSPS) is 10.7. The SMILES string of the molecule is Cc1sc(-c2ccn[nH]2)cc1NC(=O)Cc1cccs1. The predicted octanol–water partition coefficient (Wildman–Crippen LogP) is 3.69. The van der Waals surface area contributed by atoms with E-state index in [9.17, 15) is 4.79 Å². The molecule has 3 aromatic rings. The van der Waals surface area contributed by atoms with Gasteiger partial charge in [0, 0.05) is 16.0 Å². The molecule has 0 saturated heterocycles. The highest BCUT2D eigenvalue weighted by Crippen LogP contribution is 2.33. The molecular formula is C14H13N3OS2.